The molecule has 0 aromatic heterocycles. The zero-order valence-corrected chi connectivity index (χ0v) is 29.2. The quantitative estimate of drug-likeness (QED) is 0.144. The van der Waals surface area contributed by atoms with Gasteiger partial charge < -0.3 is 9.05 Å². The fourth-order valence-corrected chi connectivity index (χ4v) is 9.11. The Hall–Kier alpha value is -6.45. The topological polar surface area (TPSA) is 55.8 Å². The van der Waals surface area contributed by atoms with Gasteiger partial charge in [-0.25, -0.2) is 4.57 Å². The van der Waals surface area contributed by atoms with Crippen LogP contribution in [-0.4, -0.2) is 4.89 Å². The van der Waals surface area contributed by atoms with E-state index in [1.807, 2.05) is 60.7 Å². The van der Waals surface area contributed by atoms with Crippen molar-refractivity contribution >= 4 is 72.5 Å². The minimum Gasteiger partial charge on any atom is -0.394 e. The molecule has 0 radical (unpaired) electrons. The standard InChI is InChI=1S/C48H29O4P/c49-53(50)51-47-43(37-19-17-33-21-29-9-1-3-11-31(29)23-39(33)25-37)27-35-13-5-7-15-41(35)45(47)46-42-16-8-6-14-36(42)28-44(48(46)52-53)38-20-18-34-22-30-10-2-4-12-32(30)24-40(34)26-38/h1-28H,(H,49,50). The third-order valence-corrected chi connectivity index (χ3v) is 11.5. The molecule has 4 nitrogen and oxygen atoms in total. The molecule has 1 heterocycles. The van der Waals surface area contributed by atoms with Gasteiger partial charge in [-0.2, -0.15) is 0 Å². The largest absolute Gasteiger partial charge is 0.584 e. The lowest BCUT2D eigenvalue weighted by Gasteiger charge is -2.19. The number of phosphoric ester groups is 1. The van der Waals surface area contributed by atoms with Crippen molar-refractivity contribution in [3.63, 3.8) is 0 Å². The lowest BCUT2D eigenvalue weighted by molar-refractivity contribution is 0.295. The van der Waals surface area contributed by atoms with Gasteiger partial charge in [-0.05, 0) is 124 Å². The first-order chi connectivity index (χ1) is 26.0. The molecule has 53 heavy (non-hydrogen) atoms. The van der Waals surface area contributed by atoms with Crippen molar-refractivity contribution in [2.24, 2.45) is 0 Å². The summed E-state index contributed by atoms with van der Waals surface area (Å²) in [7, 11) is -4.71. The maximum atomic E-state index is 14.2. The second kappa shape index (κ2) is 11.3. The van der Waals surface area contributed by atoms with E-state index in [9.17, 15) is 9.46 Å². The summed E-state index contributed by atoms with van der Waals surface area (Å²) in [6.07, 6.45) is 0. The highest BCUT2D eigenvalue weighted by molar-refractivity contribution is 7.48. The summed E-state index contributed by atoms with van der Waals surface area (Å²) in [6, 6.07) is 58.4. The summed E-state index contributed by atoms with van der Waals surface area (Å²) in [5.74, 6) is 0.640. The van der Waals surface area contributed by atoms with E-state index in [0.717, 1.165) is 76.1 Å². The predicted octanol–water partition coefficient (Wildman–Crippen LogP) is 13.5. The molecule has 250 valence electrons. The van der Waals surface area contributed by atoms with Crippen LogP contribution >= 0.6 is 7.82 Å². The van der Waals surface area contributed by atoms with E-state index in [2.05, 4.69) is 109 Å². The smallest absolute Gasteiger partial charge is 0.394 e. The van der Waals surface area contributed by atoms with Crippen LogP contribution in [0.4, 0.5) is 0 Å². The number of fused-ring (bicyclic) bond motifs is 11. The van der Waals surface area contributed by atoms with Crippen LogP contribution in [0.1, 0.15) is 0 Å². The summed E-state index contributed by atoms with van der Waals surface area (Å²) in [4.78, 5) is 11.6. The highest BCUT2D eigenvalue weighted by Crippen LogP contribution is 2.61. The highest BCUT2D eigenvalue weighted by atomic mass is 31.2. The van der Waals surface area contributed by atoms with Gasteiger partial charge in [-0.1, -0.05) is 121 Å². The average Bonchev–Trinajstić information content (AvgIpc) is 3.31. The summed E-state index contributed by atoms with van der Waals surface area (Å²) >= 11 is 0. The SMILES string of the molecule is O=P1(O)Oc2c(-c3ccc4cc5ccccc5cc4c3)cc3ccccc3c2-c2c(c(-c3ccc4cc5ccccc5cc4c3)cc3ccccc23)O1. The van der Waals surface area contributed by atoms with Gasteiger partial charge in [0.15, 0.2) is 0 Å². The molecule has 10 aromatic rings. The van der Waals surface area contributed by atoms with E-state index < -0.39 is 7.82 Å². The van der Waals surface area contributed by atoms with Gasteiger partial charge in [0.25, 0.3) is 0 Å². The molecule has 0 saturated heterocycles. The van der Waals surface area contributed by atoms with Crippen molar-refractivity contribution < 1.29 is 18.5 Å². The molecule has 5 heteroatoms. The Morgan fingerprint density at radius 1 is 0.358 bits per heavy atom. The van der Waals surface area contributed by atoms with Gasteiger partial charge in [-0.3, -0.25) is 4.89 Å². The Kier molecular flexibility index (Phi) is 6.42. The first-order valence-electron chi connectivity index (χ1n) is 17.7. The van der Waals surface area contributed by atoms with Gasteiger partial charge in [0, 0.05) is 22.3 Å². The van der Waals surface area contributed by atoms with Crippen LogP contribution in [0.5, 0.6) is 11.5 Å². The molecule has 0 bridgehead atoms. The Bertz CT molecular complexity index is 3020. The average molecular weight is 701 g/mol. The van der Waals surface area contributed by atoms with Crippen LogP contribution in [0.25, 0.3) is 98.0 Å². The molecular formula is C48H29O4P. The summed E-state index contributed by atoms with van der Waals surface area (Å²) in [6.45, 7) is 0. The number of phosphoric acid groups is 1. The fraction of sp³-hybridized carbons (Fsp3) is 0. The lowest BCUT2D eigenvalue weighted by Crippen LogP contribution is -2.00. The zero-order valence-electron chi connectivity index (χ0n) is 28.3. The van der Waals surface area contributed by atoms with Crippen molar-refractivity contribution in [2.75, 3.05) is 0 Å². The lowest BCUT2D eigenvalue weighted by atomic mass is 9.86. The molecule has 0 atom stereocenters. The van der Waals surface area contributed by atoms with E-state index >= 15 is 0 Å². The number of hydrogen-bond donors (Lipinski definition) is 1. The van der Waals surface area contributed by atoms with E-state index in [4.69, 9.17) is 9.05 Å². The predicted molar refractivity (Wildman–Crippen MR) is 219 cm³/mol. The van der Waals surface area contributed by atoms with Crippen LogP contribution < -0.4 is 9.05 Å². The first-order valence-corrected chi connectivity index (χ1v) is 19.2. The van der Waals surface area contributed by atoms with Crippen LogP contribution in [0, 0.1) is 0 Å². The second-order valence-corrected chi connectivity index (χ2v) is 15.2. The molecule has 0 saturated carbocycles. The number of benzene rings is 10. The minimum atomic E-state index is -4.71. The Morgan fingerprint density at radius 2 is 0.698 bits per heavy atom. The van der Waals surface area contributed by atoms with Crippen molar-refractivity contribution in [2.45, 2.75) is 0 Å². The Morgan fingerprint density at radius 3 is 1.11 bits per heavy atom. The molecule has 0 spiro atoms. The Labute approximate surface area is 304 Å². The van der Waals surface area contributed by atoms with Crippen LogP contribution in [-0.2, 0) is 4.57 Å². The summed E-state index contributed by atoms with van der Waals surface area (Å²) < 4.78 is 26.7. The maximum Gasteiger partial charge on any atom is 0.584 e. The molecule has 0 amide bonds. The van der Waals surface area contributed by atoms with Gasteiger partial charge in [-0.15, -0.1) is 0 Å². The zero-order chi connectivity index (χ0) is 35.3. The molecule has 0 unspecified atom stereocenters. The minimum absolute atomic E-state index is 0.320. The molecule has 1 N–H and O–H groups in total. The highest BCUT2D eigenvalue weighted by Gasteiger charge is 2.37. The van der Waals surface area contributed by atoms with Crippen LogP contribution in [0.3, 0.4) is 0 Å². The molecule has 0 fully saturated rings. The van der Waals surface area contributed by atoms with Gasteiger partial charge in [0.05, 0.1) is 0 Å². The maximum absolute atomic E-state index is 14.2. The Balaban J connectivity index is 1.23. The van der Waals surface area contributed by atoms with Crippen molar-refractivity contribution in [3.8, 4) is 44.9 Å². The van der Waals surface area contributed by atoms with Crippen LogP contribution in [0.2, 0.25) is 0 Å². The van der Waals surface area contributed by atoms with Crippen molar-refractivity contribution in [1.29, 1.82) is 0 Å². The van der Waals surface area contributed by atoms with E-state index in [1.54, 1.807) is 0 Å². The van der Waals surface area contributed by atoms with Crippen molar-refractivity contribution in [1.82, 2.24) is 0 Å². The summed E-state index contributed by atoms with van der Waals surface area (Å²) in [5, 5.41) is 12.8. The van der Waals surface area contributed by atoms with Gasteiger partial charge >= 0.3 is 7.82 Å². The molecule has 10 aromatic carbocycles. The van der Waals surface area contributed by atoms with Gasteiger partial charge in [0.1, 0.15) is 11.5 Å². The number of hydrogen-bond acceptors (Lipinski definition) is 3. The molecule has 1 aliphatic heterocycles. The van der Waals surface area contributed by atoms with E-state index in [1.165, 1.54) is 10.8 Å². The van der Waals surface area contributed by atoms with Gasteiger partial charge in [0.2, 0.25) is 0 Å². The molecule has 0 aliphatic carbocycles. The number of rotatable bonds is 2. The third kappa shape index (κ3) is 4.84. The van der Waals surface area contributed by atoms with E-state index in [0.29, 0.717) is 22.6 Å². The van der Waals surface area contributed by atoms with E-state index in [-0.39, 0.29) is 0 Å². The summed E-state index contributed by atoms with van der Waals surface area (Å²) in [5.41, 5.74) is 4.63. The second-order valence-electron chi connectivity index (χ2n) is 13.9. The molecule has 1 aliphatic rings. The third-order valence-electron chi connectivity index (χ3n) is 10.7. The van der Waals surface area contributed by atoms with Crippen LogP contribution in [0.15, 0.2) is 170 Å². The van der Waals surface area contributed by atoms with Crippen molar-refractivity contribution in [3.05, 3.63) is 170 Å². The fourth-order valence-electron chi connectivity index (χ4n) is 8.24. The molecular weight excluding hydrogens is 671 g/mol. The monoisotopic (exact) mass is 700 g/mol. The first kappa shape index (κ1) is 30.2. The molecule has 11 rings (SSSR count). The normalized spacial score (nSPS) is 13.5.